The van der Waals surface area contributed by atoms with Crippen molar-refractivity contribution in [3.63, 3.8) is 0 Å². The Kier molecular flexibility index (Phi) is 5.67. The molecule has 0 bridgehead atoms. The number of alkyl halides is 1. The Labute approximate surface area is 122 Å². The SMILES string of the molecule is CCC(CC)(CCl)NC(=O)c1ccc(C)cc1Br. The van der Waals surface area contributed by atoms with Crippen LogP contribution in [0.15, 0.2) is 22.7 Å². The second kappa shape index (κ2) is 6.58. The molecular weight excluding hydrogens is 314 g/mol. The number of nitrogens with one attached hydrogen (secondary N) is 1. The van der Waals surface area contributed by atoms with E-state index in [-0.39, 0.29) is 11.4 Å². The molecule has 0 fully saturated rings. The van der Waals surface area contributed by atoms with Gasteiger partial charge in [0.05, 0.1) is 11.1 Å². The second-order valence-corrected chi connectivity index (χ2v) is 5.68. The Hall–Kier alpha value is -0.540. The number of rotatable bonds is 5. The molecule has 1 rings (SSSR count). The van der Waals surface area contributed by atoms with Gasteiger partial charge >= 0.3 is 0 Å². The quantitative estimate of drug-likeness (QED) is 0.801. The molecule has 100 valence electrons. The lowest BCUT2D eigenvalue weighted by Crippen LogP contribution is -2.49. The molecule has 0 saturated heterocycles. The van der Waals surface area contributed by atoms with E-state index < -0.39 is 0 Å². The molecule has 0 aliphatic carbocycles. The molecule has 18 heavy (non-hydrogen) atoms. The zero-order valence-corrected chi connectivity index (χ0v) is 13.4. The van der Waals surface area contributed by atoms with Crippen molar-refractivity contribution >= 4 is 33.4 Å². The third-order valence-corrected chi connectivity index (χ3v) is 4.52. The number of hydrogen-bond donors (Lipinski definition) is 1. The number of hydrogen-bond acceptors (Lipinski definition) is 1. The van der Waals surface area contributed by atoms with Crippen LogP contribution < -0.4 is 5.32 Å². The van der Waals surface area contributed by atoms with Gasteiger partial charge in [-0.2, -0.15) is 0 Å². The summed E-state index contributed by atoms with van der Waals surface area (Å²) >= 11 is 9.42. The van der Waals surface area contributed by atoms with Gasteiger partial charge in [-0.25, -0.2) is 0 Å². The van der Waals surface area contributed by atoms with Crippen LogP contribution >= 0.6 is 27.5 Å². The summed E-state index contributed by atoms with van der Waals surface area (Å²) in [5.41, 5.74) is 1.45. The highest BCUT2D eigenvalue weighted by atomic mass is 79.9. The van der Waals surface area contributed by atoms with Crippen molar-refractivity contribution in [3.8, 4) is 0 Å². The summed E-state index contributed by atoms with van der Waals surface area (Å²) < 4.78 is 0.815. The highest BCUT2D eigenvalue weighted by Gasteiger charge is 2.27. The smallest absolute Gasteiger partial charge is 0.252 e. The molecule has 1 N–H and O–H groups in total. The molecule has 0 atom stereocenters. The van der Waals surface area contributed by atoms with Crippen LogP contribution in [0.1, 0.15) is 42.6 Å². The molecule has 1 aromatic carbocycles. The van der Waals surface area contributed by atoms with Gasteiger partial charge in [0.15, 0.2) is 0 Å². The van der Waals surface area contributed by atoms with Crippen molar-refractivity contribution in [1.82, 2.24) is 5.32 Å². The van der Waals surface area contributed by atoms with Gasteiger partial charge in [-0.05, 0) is 53.4 Å². The number of benzene rings is 1. The Morgan fingerprint density at radius 3 is 2.44 bits per heavy atom. The van der Waals surface area contributed by atoms with Crippen LogP contribution in [-0.2, 0) is 0 Å². The fraction of sp³-hybridized carbons (Fsp3) is 0.500. The minimum absolute atomic E-state index is 0.0776. The molecule has 0 spiro atoms. The monoisotopic (exact) mass is 331 g/mol. The maximum atomic E-state index is 12.3. The predicted molar refractivity (Wildman–Crippen MR) is 80.4 cm³/mol. The van der Waals surface area contributed by atoms with Crippen LogP contribution in [0, 0.1) is 6.92 Å². The summed E-state index contributed by atoms with van der Waals surface area (Å²) in [7, 11) is 0. The summed E-state index contributed by atoms with van der Waals surface area (Å²) in [6.07, 6.45) is 1.64. The van der Waals surface area contributed by atoms with Gasteiger partial charge < -0.3 is 5.32 Å². The van der Waals surface area contributed by atoms with E-state index in [1.807, 2.05) is 39.0 Å². The van der Waals surface area contributed by atoms with Gasteiger partial charge in [0.1, 0.15) is 0 Å². The van der Waals surface area contributed by atoms with Gasteiger partial charge in [-0.3, -0.25) is 4.79 Å². The highest BCUT2D eigenvalue weighted by molar-refractivity contribution is 9.10. The Bertz CT molecular complexity index is 422. The Morgan fingerprint density at radius 2 is 2.00 bits per heavy atom. The topological polar surface area (TPSA) is 29.1 Å². The molecule has 0 radical (unpaired) electrons. The number of carbonyl (C=O) groups is 1. The molecule has 2 nitrogen and oxygen atoms in total. The van der Waals surface area contributed by atoms with Gasteiger partial charge in [0.2, 0.25) is 0 Å². The van der Waals surface area contributed by atoms with Gasteiger partial charge in [-0.15, -0.1) is 11.6 Å². The first-order valence-electron chi connectivity index (χ1n) is 6.12. The first kappa shape index (κ1) is 15.5. The van der Waals surface area contributed by atoms with Crippen LogP contribution in [0.3, 0.4) is 0 Å². The number of halogens is 2. The zero-order valence-electron chi connectivity index (χ0n) is 11.0. The van der Waals surface area contributed by atoms with E-state index in [4.69, 9.17) is 11.6 Å². The molecular formula is C14H19BrClNO. The van der Waals surface area contributed by atoms with Gasteiger partial charge in [0.25, 0.3) is 5.91 Å². The third kappa shape index (κ3) is 3.48. The fourth-order valence-electron chi connectivity index (χ4n) is 1.76. The zero-order chi connectivity index (χ0) is 13.8. The highest BCUT2D eigenvalue weighted by Crippen LogP contribution is 2.22. The standard InChI is InChI=1S/C14H19BrClNO/c1-4-14(5-2,9-16)17-13(18)11-7-6-10(3)8-12(11)15/h6-8H,4-5,9H2,1-3H3,(H,17,18). The summed E-state index contributed by atoms with van der Waals surface area (Å²) in [5, 5.41) is 3.06. The molecule has 1 aromatic rings. The fourth-order valence-corrected chi connectivity index (χ4v) is 2.88. The predicted octanol–water partition coefficient (Wildman–Crippen LogP) is 4.28. The van der Waals surface area contributed by atoms with E-state index in [1.165, 1.54) is 0 Å². The van der Waals surface area contributed by atoms with E-state index in [9.17, 15) is 4.79 Å². The average molecular weight is 333 g/mol. The minimum Gasteiger partial charge on any atom is -0.345 e. The Balaban J connectivity index is 2.94. The maximum Gasteiger partial charge on any atom is 0.252 e. The number of aryl methyl sites for hydroxylation is 1. The first-order valence-corrected chi connectivity index (χ1v) is 7.45. The molecule has 0 aliphatic rings. The van der Waals surface area contributed by atoms with Crippen LogP contribution in [0.2, 0.25) is 0 Å². The molecule has 4 heteroatoms. The lowest BCUT2D eigenvalue weighted by Gasteiger charge is -2.30. The number of carbonyl (C=O) groups excluding carboxylic acids is 1. The normalized spacial score (nSPS) is 11.4. The van der Waals surface area contributed by atoms with E-state index in [0.29, 0.717) is 11.4 Å². The summed E-state index contributed by atoms with van der Waals surface area (Å²) in [6, 6.07) is 5.70. The van der Waals surface area contributed by atoms with Crippen LogP contribution in [0.4, 0.5) is 0 Å². The first-order chi connectivity index (χ1) is 8.48. The molecule has 1 amide bonds. The number of amides is 1. The lowest BCUT2D eigenvalue weighted by atomic mass is 9.94. The van der Waals surface area contributed by atoms with Crippen LogP contribution in [-0.4, -0.2) is 17.3 Å². The van der Waals surface area contributed by atoms with Crippen molar-refractivity contribution in [2.24, 2.45) is 0 Å². The van der Waals surface area contributed by atoms with Crippen LogP contribution in [0.5, 0.6) is 0 Å². The summed E-state index contributed by atoms with van der Waals surface area (Å²) in [4.78, 5) is 12.3. The van der Waals surface area contributed by atoms with Crippen molar-refractivity contribution in [2.45, 2.75) is 39.2 Å². The second-order valence-electron chi connectivity index (χ2n) is 4.56. The summed E-state index contributed by atoms with van der Waals surface area (Å²) in [6.45, 7) is 6.07. The van der Waals surface area contributed by atoms with Crippen molar-refractivity contribution in [3.05, 3.63) is 33.8 Å². The Morgan fingerprint density at radius 1 is 1.39 bits per heavy atom. The molecule has 0 unspecified atom stereocenters. The van der Waals surface area contributed by atoms with E-state index in [0.717, 1.165) is 22.9 Å². The summed E-state index contributed by atoms with van der Waals surface area (Å²) in [5.74, 6) is 0.348. The van der Waals surface area contributed by atoms with Crippen molar-refractivity contribution in [1.29, 1.82) is 0 Å². The van der Waals surface area contributed by atoms with Crippen molar-refractivity contribution < 1.29 is 4.79 Å². The largest absolute Gasteiger partial charge is 0.345 e. The molecule has 0 aliphatic heterocycles. The van der Waals surface area contributed by atoms with Crippen LogP contribution in [0.25, 0.3) is 0 Å². The minimum atomic E-state index is -0.317. The van der Waals surface area contributed by atoms with E-state index in [2.05, 4.69) is 21.2 Å². The average Bonchev–Trinajstić information content (AvgIpc) is 2.36. The molecule has 0 aromatic heterocycles. The van der Waals surface area contributed by atoms with E-state index in [1.54, 1.807) is 0 Å². The third-order valence-electron chi connectivity index (χ3n) is 3.36. The van der Waals surface area contributed by atoms with Gasteiger partial charge in [0, 0.05) is 10.4 Å². The van der Waals surface area contributed by atoms with Crippen molar-refractivity contribution in [2.75, 3.05) is 5.88 Å². The van der Waals surface area contributed by atoms with Gasteiger partial charge in [-0.1, -0.05) is 19.9 Å². The van der Waals surface area contributed by atoms with E-state index >= 15 is 0 Å². The maximum absolute atomic E-state index is 12.3. The molecule has 0 saturated carbocycles. The lowest BCUT2D eigenvalue weighted by molar-refractivity contribution is 0.0901. The molecule has 0 heterocycles.